The summed E-state index contributed by atoms with van der Waals surface area (Å²) in [6.07, 6.45) is 0. The van der Waals surface area contributed by atoms with Gasteiger partial charge in [-0.05, 0) is 47.7 Å². The first-order valence-corrected chi connectivity index (χ1v) is 26.7. The molecular weight excluding hydrogens is 910 g/mol. The molecule has 6 heteroatoms. The minimum Gasteiger partial charge on any atom is -0.0622 e. The Morgan fingerprint density at radius 2 is 0.596 bits per heavy atom. The summed E-state index contributed by atoms with van der Waals surface area (Å²) in [7, 11) is -0.892. The summed E-state index contributed by atoms with van der Waals surface area (Å²) in [4.78, 5) is 0. The average Bonchev–Trinajstić information content (AvgIpc) is 3.24. The molecule has 0 aliphatic heterocycles. The molecule has 0 radical (unpaired) electrons. The standard InChI is InChI=1S/2C18H15P.C8H7.2CO.BrH.W/c2*1-4-10-16(11-5-1)19(17-12-6-2-7-13-17)18-14-8-3-9-15-18;1-7-3-5-8(2)6-4-7;2*1-2;;/h2*1-15H;3-6H,1H3;;;1H;/q;;;;;;+1/p-1. The van der Waals surface area contributed by atoms with E-state index < -0.39 is 31.7 Å². The molecular formula is C46H37BrO2P2W. The van der Waals surface area contributed by atoms with Gasteiger partial charge in [-0.3, -0.25) is 0 Å². The van der Waals surface area contributed by atoms with Gasteiger partial charge in [-0.25, -0.2) is 0 Å². The topological polar surface area (TPSA) is 39.8 Å². The second kappa shape index (κ2) is 25.7. The van der Waals surface area contributed by atoms with E-state index in [4.69, 9.17) is 9.30 Å². The zero-order valence-electron chi connectivity index (χ0n) is 28.6. The number of benzene rings is 7. The van der Waals surface area contributed by atoms with Gasteiger partial charge in [0.15, 0.2) is 0 Å². The molecule has 7 aromatic carbocycles. The number of rotatable bonds is 6. The molecule has 0 saturated heterocycles. The van der Waals surface area contributed by atoms with Crippen LogP contribution in [0, 0.1) is 24.4 Å². The van der Waals surface area contributed by atoms with Gasteiger partial charge in [0.05, 0.1) is 0 Å². The molecule has 0 bridgehead atoms. The van der Waals surface area contributed by atoms with Crippen molar-refractivity contribution in [2.75, 3.05) is 0 Å². The van der Waals surface area contributed by atoms with Crippen LogP contribution in [-0.2, 0) is 25.2 Å². The van der Waals surface area contributed by atoms with Crippen molar-refractivity contribution in [3.05, 3.63) is 231 Å². The third-order valence-corrected chi connectivity index (χ3v) is 14.6. The zero-order chi connectivity index (χ0) is 37.2. The largest absolute Gasteiger partial charge is 0.0622 e. The maximum atomic E-state index is 7.50. The van der Waals surface area contributed by atoms with Crippen LogP contribution in [-0.4, -0.2) is 0 Å². The number of hydrogen-bond donors (Lipinski definition) is 0. The molecule has 0 unspecified atom stereocenters. The molecule has 0 aliphatic rings. The summed E-state index contributed by atoms with van der Waals surface area (Å²) in [5.41, 5.74) is 2.54. The van der Waals surface area contributed by atoms with E-state index in [1.165, 1.54) is 43.0 Å². The Morgan fingerprint density at radius 1 is 0.385 bits per heavy atom. The SMILES string of the molecule is Cc1ccc([C]#[W][Br])cc1.[C-]#[O+].[C-]#[O+].c1ccc(P(c2ccccc2)c2ccccc2)cc1.c1ccc(P(c2ccccc2)c2ccccc2)cc1. The Morgan fingerprint density at radius 3 is 0.788 bits per heavy atom. The summed E-state index contributed by atoms with van der Waals surface area (Å²) >= 11 is 3.02. The fraction of sp³-hybridized carbons (Fsp3) is 0.0217. The van der Waals surface area contributed by atoms with Crippen LogP contribution < -0.4 is 31.8 Å². The first-order chi connectivity index (χ1) is 25.7. The monoisotopic (exact) mass is 946 g/mol. The fourth-order valence-electron chi connectivity index (χ4n) is 5.02. The van der Waals surface area contributed by atoms with E-state index in [0.29, 0.717) is 0 Å². The van der Waals surface area contributed by atoms with E-state index in [-0.39, 0.29) is 0 Å². The van der Waals surface area contributed by atoms with Crippen molar-refractivity contribution in [2.45, 2.75) is 6.92 Å². The van der Waals surface area contributed by atoms with Crippen molar-refractivity contribution >= 4 is 61.0 Å². The third kappa shape index (κ3) is 14.1. The van der Waals surface area contributed by atoms with E-state index in [1.54, 1.807) is 0 Å². The number of hydrogen-bond acceptors (Lipinski definition) is 0. The Labute approximate surface area is 325 Å². The van der Waals surface area contributed by atoms with E-state index in [9.17, 15) is 0 Å². The smallest absolute Gasteiger partial charge is 0.0134 e. The first-order valence-electron chi connectivity index (χ1n) is 16.1. The van der Waals surface area contributed by atoms with Crippen LogP contribution in [0.15, 0.2) is 206 Å². The molecule has 0 atom stereocenters. The summed E-state index contributed by atoms with van der Waals surface area (Å²) in [6, 6.07) is 73.1. The molecule has 2 nitrogen and oxygen atoms in total. The third-order valence-electron chi connectivity index (χ3n) is 7.29. The summed E-state index contributed by atoms with van der Waals surface area (Å²) in [5, 5.41) is 8.39. The second-order valence-electron chi connectivity index (χ2n) is 10.7. The van der Waals surface area contributed by atoms with E-state index in [0.717, 1.165) is 0 Å². The van der Waals surface area contributed by atoms with Crippen molar-refractivity contribution < 1.29 is 25.2 Å². The van der Waals surface area contributed by atoms with Crippen molar-refractivity contribution in [2.24, 2.45) is 0 Å². The quantitative estimate of drug-likeness (QED) is 0.0907. The maximum Gasteiger partial charge on any atom is -0.0134 e. The van der Waals surface area contributed by atoms with Gasteiger partial charge >= 0.3 is 98.3 Å². The van der Waals surface area contributed by atoms with Crippen molar-refractivity contribution in [1.82, 2.24) is 0 Å². The molecule has 256 valence electrons. The summed E-state index contributed by atoms with van der Waals surface area (Å²) in [6.45, 7) is 11.1. The summed E-state index contributed by atoms with van der Waals surface area (Å²) < 4.78 is 18.3. The zero-order valence-corrected chi connectivity index (χ0v) is 34.9. The van der Waals surface area contributed by atoms with Crippen LogP contribution in [0.25, 0.3) is 0 Å². The first kappa shape index (κ1) is 42.2. The Hall–Kier alpha value is -4.17. The molecule has 0 saturated carbocycles. The molecule has 52 heavy (non-hydrogen) atoms. The molecule has 0 amide bonds. The molecule has 0 heterocycles. The second-order valence-corrected chi connectivity index (χ2v) is 19.1. The maximum absolute atomic E-state index is 7.50. The summed E-state index contributed by atoms with van der Waals surface area (Å²) in [5.74, 6) is 0. The van der Waals surface area contributed by atoms with Gasteiger partial charge in [-0.2, -0.15) is 0 Å². The van der Waals surface area contributed by atoms with Crippen molar-refractivity contribution in [3.8, 4) is 4.20 Å². The van der Waals surface area contributed by atoms with E-state index in [2.05, 4.69) is 244 Å². The van der Waals surface area contributed by atoms with Gasteiger partial charge in [0.2, 0.25) is 0 Å². The Kier molecular flexibility index (Phi) is 20.9. The number of halogens is 1. The van der Waals surface area contributed by atoms with Crippen LogP contribution in [0.1, 0.15) is 11.1 Å². The van der Waals surface area contributed by atoms with Crippen LogP contribution in [0.3, 0.4) is 0 Å². The van der Waals surface area contributed by atoms with Crippen LogP contribution in [0.4, 0.5) is 0 Å². The molecule has 0 fully saturated rings. The van der Waals surface area contributed by atoms with Gasteiger partial charge < -0.3 is 0 Å². The van der Waals surface area contributed by atoms with Gasteiger partial charge in [0.25, 0.3) is 0 Å². The molecule has 0 spiro atoms. The molecule has 0 aliphatic carbocycles. The van der Waals surface area contributed by atoms with E-state index >= 15 is 0 Å². The minimum atomic E-state index is -0.446. The van der Waals surface area contributed by atoms with E-state index in [1.807, 2.05) is 0 Å². The van der Waals surface area contributed by atoms with Gasteiger partial charge in [-0.1, -0.05) is 182 Å². The minimum absolute atomic E-state index is 0.441. The van der Waals surface area contributed by atoms with Gasteiger partial charge in [-0.15, -0.1) is 0 Å². The Bertz CT molecular complexity index is 1760. The number of aryl methyl sites for hydroxylation is 1. The predicted molar refractivity (Wildman–Crippen MR) is 221 cm³/mol. The van der Waals surface area contributed by atoms with Gasteiger partial charge in [0, 0.05) is 0 Å². The Balaban J connectivity index is 0.000000209. The molecule has 0 aromatic heterocycles. The fourth-order valence-corrected chi connectivity index (χ4v) is 12.0. The van der Waals surface area contributed by atoms with Crippen LogP contribution >= 0.6 is 29.1 Å². The van der Waals surface area contributed by atoms with Crippen LogP contribution in [0.5, 0.6) is 0 Å². The van der Waals surface area contributed by atoms with Crippen LogP contribution in [0.2, 0.25) is 0 Å². The van der Waals surface area contributed by atoms with Crippen molar-refractivity contribution in [1.29, 1.82) is 0 Å². The molecule has 0 N–H and O–H groups in total. The van der Waals surface area contributed by atoms with Gasteiger partial charge in [0.1, 0.15) is 0 Å². The molecule has 7 aromatic rings. The normalized spacial score (nSPS) is 9.46. The molecule has 7 rings (SSSR count). The van der Waals surface area contributed by atoms with Crippen molar-refractivity contribution in [3.63, 3.8) is 0 Å². The predicted octanol–water partition coefficient (Wildman–Crippen LogP) is 9.51. The average molecular weight is 947 g/mol.